The van der Waals surface area contributed by atoms with Crippen LogP contribution in [0.1, 0.15) is 21.5 Å². The van der Waals surface area contributed by atoms with Crippen LogP contribution >= 0.6 is 15.9 Å². The molecule has 0 fully saturated rings. The summed E-state index contributed by atoms with van der Waals surface area (Å²) < 4.78 is 2.94. The summed E-state index contributed by atoms with van der Waals surface area (Å²) >= 11 is 3.52. The van der Waals surface area contributed by atoms with E-state index in [0.29, 0.717) is 17.7 Å². The van der Waals surface area contributed by atoms with Gasteiger partial charge in [0.05, 0.1) is 11.6 Å². The summed E-state index contributed by atoms with van der Waals surface area (Å²) in [5.74, 6) is -0.433. The van der Waals surface area contributed by atoms with Gasteiger partial charge >= 0.3 is 0 Å². The van der Waals surface area contributed by atoms with Crippen LogP contribution in [0.5, 0.6) is 0 Å². The summed E-state index contributed by atoms with van der Waals surface area (Å²) in [5.41, 5.74) is 8.42. The molecular formula is C17H12BrN3O. The van der Waals surface area contributed by atoms with Crippen LogP contribution in [-0.4, -0.2) is 10.5 Å². The van der Waals surface area contributed by atoms with Gasteiger partial charge in [-0.25, -0.2) is 0 Å². The Morgan fingerprint density at radius 2 is 2.05 bits per heavy atom. The first kappa shape index (κ1) is 14.4. The highest BCUT2D eigenvalue weighted by atomic mass is 79.9. The van der Waals surface area contributed by atoms with Crippen molar-refractivity contribution in [2.45, 2.75) is 6.54 Å². The minimum atomic E-state index is -0.433. The predicted molar refractivity (Wildman–Crippen MR) is 88.4 cm³/mol. The topological polar surface area (TPSA) is 71.8 Å². The zero-order valence-corrected chi connectivity index (χ0v) is 13.2. The molecule has 108 valence electrons. The number of carbonyl (C=O) groups is 1. The zero-order chi connectivity index (χ0) is 15.7. The maximum atomic E-state index is 11.5. The smallest absolute Gasteiger partial charge is 0.249 e. The minimum Gasteiger partial charge on any atom is -0.366 e. The average molecular weight is 354 g/mol. The van der Waals surface area contributed by atoms with Gasteiger partial charge in [-0.1, -0.05) is 18.2 Å². The molecule has 3 rings (SSSR count). The van der Waals surface area contributed by atoms with Crippen molar-refractivity contribution >= 4 is 32.7 Å². The fraction of sp³-hybridized carbons (Fsp3) is 0.0588. The predicted octanol–water partition coefficient (Wildman–Crippen LogP) is 3.42. The lowest BCUT2D eigenvalue weighted by Gasteiger charge is -2.09. The third kappa shape index (κ3) is 2.49. The van der Waals surface area contributed by atoms with Crippen LogP contribution in [0, 0.1) is 11.3 Å². The molecule has 2 aromatic carbocycles. The van der Waals surface area contributed by atoms with Gasteiger partial charge in [0.15, 0.2) is 0 Å². The minimum absolute atomic E-state index is 0.433. The molecule has 0 radical (unpaired) electrons. The van der Waals surface area contributed by atoms with E-state index in [0.717, 1.165) is 20.9 Å². The largest absolute Gasteiger partial charge is 0.366 e. The first-order valence-corrected chi connectivity index (χ1v) is 7.45. The van der Waals surface area contributed by atoms with E-state index >= 15 is 0 Å². The average Bonchev–Trinajstić information content (AvgIpc) is 2.83. The second-order valence-electron chi connectivity index (χ2n) is 4.97. The normalized spacial score (nSPS) is 10.5. The molecule has 0 aliphatic carbocycles. The number of primary amides is 1. The summed E-state index contributed by atoms with van der Waals surface area (Å²) in [7, 11) is 0. The van der Waals surface area contributed by atoms with Crippen LogP contribution in [0.15, 0.2) is 53.1 Å². The van der Waals surface area contributed by atoms with E-state index in [1.54, 1.807) is 18.2 Å². The lowest BCUT2D eigenvalue weighted by molar-refractivity contribution is 0.0999. The number of halogens is 1. The summed E-state index contributed by atoms with van der Waals surface area (Å²) in [6.07, 6.45) is 1.95. The van der Waals surface area contributed by atoms with Crippen LogP contribution < -0.4 is 5.73 Å². The number of rotatable bonds is 3. The highest BCUT2D eigenvalue weighted by molar-refractivity contribution is 9.10. The number of hydrogen-bond acceptors (Lipinski definition) is 2. The van der Waals surface area contributed by atoms with Gasteiger partial charge in [-0.15, -0.1) is 0 Å². The Morgan fingerprint density at radius 1 is 1.27 bits per heavy atom. The van der Waals surface area contributed by atoms with Gasteiger partial charge in [0, 0.05) is 33.7 Å². The van der Waals surface area contributed by atoms with Crippen molar-refractivity contribution in [3.05, 3.63) is 69.8 Å². The van der Waals surface area contributed by atoms with Crippen molar-refractivity contribution in [3.63, 3.8) is 0 Å². The molecule has 1 amide bonds. The van der Waals surface area contributed by atoms with Gasteiger partial charge in [-0.05, 0) is 45.8 Å². The number of aromatic nitrogens is 1. The monoisotopic (exact) mass is 353 g/mol. The van der Waals surface area contributed by atoms with Crippen molar-refractivity contribution < 1.29 is 4.79 Å². The van der Waals surface area contributed by atoms with Crippen molar-refractivity contribution in [3.8, 4) is 6.07 Å². The third-order valence-electron chi connectivity index (χ3n) is 3.59. The number of fused-ring (bicyclic) bond motifs is 1. The molecule has 0 unspecified atom stereocenters. The van der Waals surface area contributed by atoms with Crippen LogP contribution in [0.4, 0.5) is 0 Å². The van der Waals surface area contributed by atoms with E-state index in [2.05, 4.69) is 22.0 Å². The molecule has 0 spiro atoms. The van der Waals surface area contributed by atoms with Crippen LogP contribution in [0.25, 0.3) is 10.9 Å². The maximum absolute atomic E-state index is 11.5. The Balaban J connectivity index is 2.09. The first-order chi connectivity index (χ1) is 10.6. The number of nitriles is 1. The quantitative estimate of drug-likeness (QED) is 0.783. The fourth-order valence-electron chi connectivity index (χ4n) is 2.54. The van der Waals surface area contributed by atoms with Gasteiger partial charge in [-0.3, -0.25) is 4.79 Å². The SMILES string of the molecule is N#Cc1ccc2c(c1)c(Br)cn2Cc1ccccc1C(N)=O. The second-order valence-corrected chi connectivity index (χ2v) is 5.82. The van der Waals surface area contributed by atoms with E-state index in [1.165, 1.54) is 0 Å². The van der Waals surface area contributed by atoms with E-state index in [1.807, 2.05) is 35.0 Å². The van der Waals surface area contributed by atoms with Crippen molar-refractivity contribution in [2.75, 3.05) is 0 Å². The molecule has 22 heavy (non-hydrogen) atoms. The molecule has 0 saturated carbocycles. The Morgan fingerprint density at radius 3 is 2.77 bits per heavy atom. The third-order valence-corrected chi connectivity index (χ3v) is 4.22. The molecule has 1 heterocycles. The van der Waals surface area contributed by atoms with Crippen molar-refractivity contribution in [2.24, 2.45) is 5.73 Å². The number of carbonyl (C=O) groups excluding carboxylic acids is 1. The molecule has 0 aliphatic heterocycles. The summed E-state index contributed by atoms with van der Waals surface area (Å²) in [6.45, 7) is 0.535. The number of nitrogens with zero attached hydrogens (tertiary/aromatic N) is 2. The van der Waals surface area contributed by atoms with Gasteiger partial charge in [0.25, 0.3) is 0 Å². The molecule has 0 bridgehead atoms. The van der Waals surface area contributed by atoms with E-state index in [9.17, 15) is 4.79 Å². The molecule has 1 aromatic heterocycles. The summed E-state index contributed by atoms with van der Waals surface area (Å²) in [6, 6.07) is 15.0. The molecule has 4 nitrogen and oxygen atoms in total. The van der Waals surface area contributed by atoms with E-state index < -0.39 is 5.91 Å². The number of nitrogens with two attached hydrogens (primary N) is 1. The molecule has 3 aromatic rings. The van der Waals surface area contributed by atoms with E-state index in [-0.39, 0.29) is 0 Å². The van der Waals surface area contributed by atoms with Crippen molar-refractivity contribution in [1.82, 2.24) is 4.57 Å². The van der Waals surface area contributed by atoms with Gasteiger partial charge in [0.2, 0.25) is 5.91 Å². The zero-order valence-electron chi connectivity index (χ0n) is 11.6. The Kier molecular flexibility index (Phi) is 3.70. The van der Waals surface area contributed by atoms with Crippen LogP contribution in [0.3, 0.4) is 0 Å². The Labute approximate surface area is 135 Å². The van der Waals surface area contributed by atoms with Gasteiger partial charge in [0.1, 0.15) is 0 Å². The maximum Gasteiger partial charge on any atom is 0.249 e. The Bertz CT molecular complexity index is 921. The first-order valence-electron chi connectivity index (χ1n) is 6.66. The van der Waals surface area contributed by atoms with Gasteiger partial charge < -0.3 is 10.3 Å². The van der Waals surface area contributed by atoms with Crippen LogP contribution in [0.2, 0.25) is 0 Å². The Hall–Kier alpha value is -2.58. The lowest BCUT2D eigenvalue weighted by Crippen LogP contribution is -2.14. The van der Waals surface area contributed by atoms with Crippen molar-refractivity contribution in [1.29, 1.82) is 5.26 Å². The highest BCUT2D eigenvalue weighted by Crippen LogP contribution is 2.28. The standard InChI is InChI=1S/C17H12BrN3O/c18-15-10-21(16-6-5-11(8-19)7-14(15)16)9-12-3-1-2-4-13(12)17(20)22/h1-7,10H,9H2,(H2,20,22). The number of benzene rings is 2. The number of hydrogen-bond donors (Lipinski definition) is 1. The molecular weight excluding hydrogens is 342 g/mol. The summed E-state index contributed by atoms with van der Waals surface area (Å²) in [4.78, 5) is 11.5. The molecule has 0 aliphatic rings. The number of amides is 1. The lowest BCUT2D eigenvalue weighted by atomic mass is 10.1. The molecule has 2 N–H and O–H groups in total. The highest BCUT2D eigenvalue weighted by Gasteiger charge is 2.11. The van der Waals surface area contributed by atoms with E-state index in [4.69, 9.17) is 11.0 Å². The second kappa shape index (κ2) is 5.66. The summed E-state index contributed by atoms with van der Waals surface area (Å²) in [5, 5.41) is 9.97. The van der Waals surface area contributed by atoms with Gasteiger partial charge in [-0.2, -0.15) is 5.26 Å². The molecule has 0 saturated heterocycles. The van der Waals surface area contributed by atoms with Crippen LogP contribution in [-0.2, 0) is 6.54 Å². The molecule has 5 heteroatoms. The fourth-order valence-corrected chi connectivity index (χ4v) is 3.10. The molecule has 0 atom stereocenters.